The number of ketones is 2. The molecule has 0 radical (unpaired) electrons. The highest BCUT2D eigenvalue weighted by Crippen LogP contribution is 2.34. The van der Waals surface area contributed by atoms with Crippen molar-refractivity contribution in [1.82, 2.24) is 0 Å². The van der Waals surface area contributed by atoms with Crippen molar-refractivity contribution >= 4 is 11.6 Å². The van der Waals surface area contributed by atoms with Crippen molar-refractivity contribution in [3.63, 3.8) is 0 Å². The van der Waals surface area contributed by atoms with Crippen molar-refractivity contribution in [3.8, 4) is 0 Å². The number of carbonyl (C=O) groups excluding carboxylic acids is 2. The Hall–Kier alpha value is -3.08. The third-order valence-electron chi connectivity index (χ3n) is 4.20. The first-order chi connectivity index (χ1) is 11.2. The van der Waals surface area contributed by atoms with E-state index in [1.807, 2.05) is 30.3 Å². The Bertz CT molecular complexity index is 897. The number of hydroxylamine groups is 1. The normalized spacial score (nSPS) is 19.5. The van der Waals surface area contributed by atoms with Gasteiger partial charge in [0.05, 0.1) is 0 Å². The molecule has 0 N–H and O–H groups in total. The summed E-state index contributed by atoms with van der Waals surface area (Å²) in [5.74, 6) is -0.634. The highest BCUT2D eigenvalue weighted by atomic mass is 16.5. The molecule has 5 nitrogen and oxygen atoms in total. The van der Waals surface area contributed by atoms with Crippen LogP contribution in [0.2, 0.25) is 0 Å². The van der Waals surface area contributed by atoms with Gasteiger partial charge in [0.15, 0.2) is 11.5 Å². The second-order valence-electron chi connectivity index (χ2n) is 5.57. The number of Topliss-reactive ketones (excluding diaryl/α,β-unsaturated/α-hetero) is 2. The molecule has 0 amide bonds. The molecule has 0 fully saturated rings. The molecule has 0 bridgehead atoms. The molecule has 0 saturated carbocycles. The number of azo groups is 1. The van der Waals surface area contributed by atoms with Crippen LogP contribution in [0.4, 0.5) is 0 Å². The Labute approximate surface area is 132 Å². The number of carbonyl (C=O) groups is 2. The van der Waals surface area contributed by atoms with Gasteiger partial charge in [-0.2, -0.15) is 0 Å². The summed E-state index contributed by atoms with van der Waals surface area (Å²) in [6.07, 6.45) is 0.341. The minimum Gasteiger partial charge on any atom is -0.599 e. The van der Waals surface area contributed by atoms with Crippen LogP contribution >= 0.6 is 0 Å². The van der Waals surface area contributed by atoms with E-state index in [1.165, 1.54) is 0 Å². The minimum atomic E-state index is -0.753. The molecule has 0 spiro atoms. The topological polar surface area (TPSA) is 72.6 Å². The summed E-state index contributed by atoms with van der Waals surface area (Å²) in [6, 6.07) is 15.3. The van der Waals surface area contributed by atoms with Crippen LogP contribution in [0.5, 0.6) is 0 Å². The van der Waals surface area contributed by atoms with E-state index < -0.39 is 6.04 Å². The van der Waals surface area contributed by atoms with Crippen molar-refractivity contribution in [2.24, 2.45) is 5.11 Å². The predicted molar refractivity (Wildman–Crippen MR) is 82.1 cm³/mol. The number of nitrogens with zero attached hydrogens (tertiary/aromatic N) is 2. The van der Waals surface area contributed by atoms with Crippen LogP contribution in [0.25, 0.3) is 0 Å². The first-order valence-corrected chi connectivity index (χ1v) is 7.31. The van der Waals surface area contributed by atoms with Gasteiger partial charge in [-0.05, 0) is 5.56 Å². The van der Waals surface area contributed by atoms with Crippen LogP contribution in [0.1, 0.15) is 26.3 Å². The lowest BCUT2D eigenvalue weighted by molar-refractivity contribution is -0.547. The Morgan fingerprint density at radius 3 is 2.22 bits per heavy atom. The monoisotopic (exact) mass is 304 g/mol. The summed E-state index contributed by atoms with van der Waals surface area (Å²) in [4.78, 5) is 25.8. The number of hydrogen-bond acceptors (Lipinski definition) is 4. The van der Waals surface area contributed by atoms with Gasteiger partial charge in [-0.3, -0.25) is 9.59 Å². The first kappa shape index (κ1) is 13.6. The molecule has 4 rings (SSSR count). The fourth-order valence-electron chi connectivity index (χ4n) is 3.09. The van der Waals surface area contributed by atoms with E-state index in [1.54, 1.807) is 24.3 Å². The van der Waals surface area contributed by atoms with Crippen molar-refractivity contribution in [1.29, 1.82) is 0 Å². The Morgan fingerprint density at radius 1 is 0.913 bits per heavy atom. The van der Waals surface area contributed by atoms with Crippen LogP contribution < -0.4 is 0 Å². The predicted octanol–water partition coefficient (Wildman–Crippen LogP) is 2.91. The lowest BCUT2D eigenvalue weighted by atomic mass is 9.83. The van der Waals surface area contributed by atoms with Gasteiger partial charge in [-0.15, -0.1) is 0 Å². The summed E-state index contributed by atoms with van der Waals surface area (Å²) in [5, 5.41) is 16.0. The number of allylic oxidation sites excluding steroid dienone is 1. The molecule has 23 heavy (non-hydrogen) atoms. The average molecular weight is 304 g/mol. The van der Waals surface area contributed by atoms with Crippen LogP contribution in [-0.2, 0) is 6.42 Å². The lowest BCUT2D eigenvalue weighted by Crippen LogP contribution is -2.29. The molecule has 0 saturated heterocycles. The summed E-state index contributed by atoms with van der Waals surface area (Å²) in [7, 11) is 0. The third kappa shape index (κ3) is 2.01. The number of fused-ring (bicyclic) bond motifs is 1. The number of benzene rings is 2. The molecular weight excluding hydrogens is 292 g/mol. The summed E-state index contributed by atoms with van der Waals surface area (Å²) in [5.41, 5.74) is 1.78. The maximum Gasteiger partial charge on any atom is 0.225 e. The fraction of sp³-hybridized carbons (Fsp3) is 0.111. The Balaban J connectivity index is 1.79. The molecule has 2 aromatic carbocycles. The van der Waals surface area contributed by atoms with E-state index in [0.29, 0.717) is 22.4 Å². The first-order valence-electron chi connectivity index (χ1n) is 7.31. The molecule has 5 heteroatoms. The second-order valence-corrected chi connectivity index (χ2v) is 5.57. The maximum absolute atomic E-state index is 12.8. The van der Waals surface area contributed by atoms with Crippen molar-refractivity contribution in [3.05, 3.63) is 87.8 Å². The zero-order chi connectivity index (χ0) is 16.0. The lowest BCUT2D eigenvalue weighted by Gasteiger charge is -2.16. The van der Waals surface area contributed by atoms with Crippen molar-refractivity contribution in [2.45, 2.75) is 12.5 Å². The van der Waals surface area contributed by atoms with Gasteiger partial charge in [0.2, 0.25) is 11.8 Å². The Morgan fingerprint density at radius 2 is 1.52 bits per heavy atom. The van der Waals surface area contributed by atoms with Gasteiger partial charge in [-0.1, -0.05) is 59.5 Å². The zero-order valence-corrected chi connectivity index (χ0v) is 12.1. The van der Waals surface area contributed by atoms with E-state index >= 15 is 0 Å². The quantitative estimate of drug-likeness (QED) is 0.632. The molecule has 112 valence electrons. The summed E-state index contributed by atoms with van der Waals surface area (Å²) >= 11 is 0. The molecule has 1 aliphatic carbocycles. The van der Waals surface area contributed by atoms with E-state index in [9.17, 15) is 14.8 Å². The van der Waals surface area contributed by atoms with Gasteiger partial charge < -0.3 is 5.21 Å². The molecule has 2 aliphatic rings. The van der Waals surface area contributed by atoms with E-state index in [-0.39, 0.29) is 22.8 Å². The highest BCUT2D eigenvalue weighted by Gasteiger charge is 2.45. The minimum absolute atomic E-state index is 0.00960. The van der Waals surface area contributed by atoms with Gasteiger partial charge in [-0.25, -0.2) is 0 Å². The van der Waals surface area contributed by atoms with Crippen molar-refractivity contribution < 1.29 is 14.4 Å². The van der Waals surface area contributed by atoms with E-state index in [4.69, 9.17) is 0 Å². The van der Waals surface area contributed by atoms with E-state index in [2.05, 4.69) is 5.11 Å². The number of hydrogen-bond donors (Lipinski definition) is 0. The molecule has 1 heterocycles. The van der Waals surface area contributed by atoms with Crippen LogP contribution in [0.15, 0.2) is 71.0 Å². The zero-order valence-electron chi connectivity index (χ0n) is 12.1. The largest absolute Gasteiger partial charge is 0.599 e. The molecule has 1 unspecified atom stereocenters. The average Bonchev–Trinajstić information content (AvgIpc) is 2.91. The van der Waals surface area contributed by atoms with Gasteiger partial charge in [0, 0.05) is 22.7 Å². The standard InChI is InChI=1S/C18H12N2O3/c21-17-12-8-4-5-9-13(12)18(22)16-15(17)14(20(23)19-16)10-11-6-2-1-3-7-11/h1-9,14H,10H2. The SMILES string of the molecule is O=C1C2=C(C(=O)c3ccccc31)C(Cc1ccccc1)[N+]([O-])=N2. The smallest absolute Gasteiger partial charge is 0.225 e. The highest BCUT2D eigenvalue weighted by molar-refractivity contribution is 6.27. The van der Waals surface area contributed by atoms with Crippen LogP contribution in [0, 0.1) is 5.21 Å². The number of rotatable bonds is 2. The van der Waals surface area contributed by atoms with Crippen LogP contribution in [0.3, 0.4) is 0 Å². The van der Waals surface area contributed by atoms with Gasteiger partial charge in [0.25, 0.3) is 0 Å². The molecule has 1 aliphatic heterocycles. The van der Waals surface area contributed by atoms with E-state index in [0.717, 1.165) is 5.56 Å². The molecule has 0 aromatic heterocycles. The Kier molecular flexibility index (Phi) is 2.94. The van der Waals surface area contributed by atoms with Crippen molar-refractivity contribution in [2.75, 3.05) is 0 Å². The van der Waals surface area contributed by atoms with Crippen LogP contribution in [-0.4, -0.2) is 22.5 Å². The fourth-order valence-corrected chi connectivity index (χ4v) is 3.09. The molecular formula is C18H12N2O3. The maximum atomic E-state index is 12.8. The third-order valence-corrected chi connectivity index (χ3v) is 4.20. The molecule has 1 atom stereocenters. The summed E-state index contributed by atoms with van der Waals surface area (Å²) < 4.78 is 0. The second kappa shape index (κ2) is 4.98. The van der Waals surface area contributed by atoms with Gasteiger partial charge >= 0.3 is 0 Å². The molecule has 2 aromatic rings. The van der Waals surface area contributed by atoms with Gasteiger partial charge in [0.1, 0.15) is 5.57 Å². The summed E-state index contributed by atoms with van der Waals surface area (Å²) in [6.45, 7) is 0.